The van der Waals surface area contributed by atoms with Gasteiger partial charge in [0.25, 0.3) is 0 Å². The van der Waals surface area contributed by atoms with Crippen LogP contribution in [0, 0.1) is 19.7 Å². The number of aryl methyl sites for hydroxylation is 2. The average Bonchev–Trinajstić information content (AvgIpc) is 2.60. The van der Waals surface area contributed by atoms with Crippen LogP contribution in [0.3, 0.4) is 0 Å². The van der Waals surface area contributed by atoms with Gasteiger partial charge in [-0.05, 0) is 31.5 Å². The van der Waals surface area contributed by atoms with E-state index in [1.807, 2.05) is 13.8 Å². The van der Waals surface area contributed by atoms with Crippen LogP contribution in [-0.2, 0) is 6.54 Å². The highest BCUT2D eigenvalue weighted by Gasteiger charge is 2.10. The second-order valence-corrected chi connectivity index (χ2v) is 4.47. The van der Waals surface area contributed by atoms with E-state index in [0.29, 0.717) is 17.9 Å². The van der Waals surface area contributed by atoms with Crippen molar-refractivity contribution in [3.63, 3.8) is 0 Å². The van der Waals surface area contributed by atoms with Gasteiger partial charge < -0.3 is 5.73 Å². The smallest absolute Gasteiger partial charge is 0.147 e. The van der Waals surface area contributed by atoms with Crippen molar-refractivity contribution in [2.75, 3.05) is 0 Å². The summed E-state index contributed by atoms with van der Waals surface area (Å²) in [6.07, 6.45) is 0. The Morgan fingerprint density at radius 3 is 2.72 bits per heavy atom. The summed E-state index contributed by atoms with van der Waals surface area (Å²) in [5, 5.41) is 4.26. The van der Waals surface area contributed by atoms with Crippen LogP contribution >= 0.6 is 12.2 Å². The van der Waals surface area contributed by atoms with Crippen LogP contribution in [-0.4, -0.2) is 19.8 Å². The highest BCUT2D eigenvalue weighted by molar-refractivity contribution is 7.80. The molecule has 0 radical (unpaired) electrons. The first-order chi connectivity index (χ1) is 8.47. The molecule has 2 rings (SSSR count). The fraction of sp³-hybridized carbons (Fsp3) is 0.250. The lowest BCUT2D eigenvalue weighted by Crippen LogP contribution is -2.15. The van der Waals surface area contributed by atoms with E-state index in [9.17, 15) is 4.39 Å². The van der Waals surface area contributed by atoms with E-state index >= 15 is 0 Å². The number of hydrogen-bond donors (Lipinski definition) is 1. The minimum atomic E-state index is -0.354. The molecule has 0 spiro atoms. The molecule has 0 aliphatic carbocycles. The van der Waals surface area contributed by atoms with Crippen molar-refractivity contribution in [1.82, 2.24) is 14.8 Å². The summed E-state index contributed by atoms with van der Waals surface area (Å²) in [7, 11) is 0. The lowest BCUT2D eigenvalue weighted by atomic mass is 10.1. The predicted molar refractivity (Wildman–Crippen MR) is 70.9 cm³/mol. The first kappa shape index (κ1) is 12.6. The number of halogens is 1. The molecule has 0 unspecified atom stereocenters. The molecule has 94 valence electrons. The average molecular weight is 264 g/mol. The van der Waals surface area contributed by atoms with Gasteiger partial charge in [-0.25, -0.2) is 14.1 Å². The van der Waals surface area contributed by atoms with Crippen molar-refractivity contribution in [1.29, 1.82) is 0 Å². The van der Waals surface area contributed by atoms with Gasteiger partial charge in [0, 0.05) is 5.56 Å². The first-order valence-electron chi connectivity index (χ1n) is 5.43. The fourth-order valence-corrected chi connectivity index (χ4v) is 1.98. The Morgan fingerprint density at radius 1 is 1.44 bits per heavy atom. The van der Waals surface area contributed by atoms with E-state index in [1.54, 1.807) is 10.7 Å². The number of nitrogens with zero attached hydrogens (tertiary/aromatic N) is 3. The molecule has 0 fully saturated rings. The zero-order valence-corrected chi connectivity index (χ0v) is 11.0. The van der Waals surface area contributed by atoms with Crippen LogP contribution in [0.5, 0.6) is 0 Å². The summed E-state index contributed by atoms with van der Waals surface area (Å²) in [5.74, 6) is 1.14. The van der Waals surface area contributed by atoms with Gasteiger partial charge in [-0.2, -0.15) is 5.10 Å². The molecule has 0 atom stereocenters. The lowest BCUT2D eigenvalue weighted by Gasteiger charge is -2.09. The zero-order valence-electron chi connectivity index (χ0n) is 10.1. The second kappa shape index (κ2) is 4.81. The Hall–Kier alpha value is -1.82. The number of aromatic nitrogens is 3. The summed E-state index contributed by atoms with van der Waals surface area (Å²) in [6.45, 7) is 4.16. The molecule has 0 aliphatic heterocycles. The van der Waals surface area contributed by atoms with Crippen molar-refractivity contribution in [3.8, 4) is 0 Å². The van der Waals surface area contributed by atoms with Gasteiger partial charge in [0.15, 0.2) is 0 Å². The summed E-state index contributed by atoms with van der Waals surface area (Å²) in [6, 6.07) is 4.40. The maximum atomic E-state index is 13.2. The van der Waals surface area contributed by atoms with E-state index in [1.165, 1.54) is 12.1 Å². The van der Waals surface area contributed by atoms with Gasteiger partial charge in [-0.15, -0.1) is 0 Å². The second-order valence-electron chi connectivity index (χ2n) is 4.03. The zero-order chi connectivity index (χ0) is 13.3. The van der Waals surface area contributed by atoms with Gasteiger partial charge in [0.05, 0.1) is 6.54 Å². The van der Waals surface area contributed by atoms with Crippen LogP contribution in [0.25, 0.3) is 0 Å². The van der Waals surface area contributed by atoms with Crippen molar-refractivity contribution in [2.24, 2.45) is 5.73 Å². The van der Waals surface area contributed by atoms with Crippen LogP contribution in [0.1, 0.15) is 22.8 Å². The standard InChI is InChI=1S/C12H13FN4S/c1-7-15-8(2)17(16-7)6-9-3-4-10(13)5-11(9)12(14)18/h3-5H,6H2,1-2H3,(H2,14,18). The molecule has 2 aromatic rings. The van der Waals surface area contributed by atoms with Gasteiger partial charge in [-0.1, -0.05) is 18.3 Å². The molecule has 6 heteroatoms. The van der Waals surface area contributed by atoms with Crippen LogP contribution in [0.15, 0.2) is 18.2 Å². The molecule has 0 saturated heterocycles. The Balaban J connectivity index is 2.40. The molecule has 1 aromatic carbocycles. The van der Waals surface area contributed by atoms with E-state index in [4.69, 9.17) is 18.0 Å². The number of benzene rings is 1. The highest BCUT2D eigenvalue weighted by Crippen LogP contribution is 2.13. The topological polar surface area (TPSA) is 56.7 Å². The minimum Gasteiger partial charge on any atom is -0.389 e. The summed E-state index contributed by atoms with van der Waals surface area (Å²) in [4.78, 5) is 4.39. The molecule has 0 aliphatic rings. The molecule has 18 heavy (non-hydrogen) atoms. The van der Waals surface area contributed by atoms with Gasteiger partial charge in [0.2, 0.25) is 0 Å². The largest absolute Gasteiger partial charge is 0.389 e. The minimum absolute atomic E-state index is 0.180. The lowest BCUT2D eigenvalue weighted by molar-refractivity contribution is 0.621. The van der Waals surface area contributed by atoms with Crippen molar-refractivity contribution in [3.05, 3.63) is 46.8 Å². The summed E-state index contributed by atoms with van der Waals surface area (Å²) < 4.78 is 14.9. The van der Waals surface area contributed by atoms with Gasteiger partial charge >= 0.3 is 0 Å². The summed E-state index contributed by atoms with van der Waals surface area (Å²) in [5.41, 5.74) is 6.97. The first-order valence-corrected chi connectivity index (χ1v) is 5.84. The third-order valence-electron chi connectivity index (χ3n) is 2.62. The molecular formula is C12H13FN4S. The molecule has 1 aromatic heterocycles. The quantitative estimate of drug-likeness (QED) is 0.858. The molecule has 1 heterocycles. The normalized spacial score (nSPS) is 10.6. The predicted octanol–water partition coefficient (Wildman–Crippen LogP) is 1.72. The number of rotatable bonds is 3. The molecule has 0 bridgehead atoms. The van der Waals surface area contributed by atoms with E-state index in [0.717, 1.165) is 11.4 Å². The third kappa shape index (κ3) is 2.53. The van der Waals surface area contributed by atoms with E-state index in [-0.39, 0.29) is 10.8 Å². The van der Waals surface area contributed by atoms with Crippen molar-refractivity contribution < 1.29 is 4.39 Å². The Labute approximate surface area is 110 Å². The van der Waals surface area contributed by atoms with Crippen molar-refractivity contribution in [2.45, 2.75) is 20.4 Å². The molecule has 2 N–H and O–H groups in total. The Bertz CT molecular complexity index is 606. The maximum absolute atomic E-state index is 13.2. The van der Waals surface area contributed by atoms with Gasteiger partial charge in [0.1, 0.15) is 22.5 Å². The monoisotopic (exact) mass is 264 g/mol. The number of hydrogen-bond acceptors (Lipinski definition) is 3. The maximum Gasteiger partial charge on any atom is 0.147 e. The van der Waals surface area contributed by atoms with Gasteiger partial charge in [-0.3, -0.25) is 0 Å². The fourth-order valence-electron chi connectivity index (χ4n) is 1.79. The third-order valence-corrected chi connectivity index (χ3v) is 2.84. The molecule has 0 amide bonds. The van der Waals surface area contributed by atoms with E-state index in [2.05, 4.69) is 10.1 Å². The Morgan fingerprint density at radius 2 is 2.17 bits per heavy atom. The van der Waals surface area contributed by atoms with Crippen molar-refractivity contribution >= 4 is 17.2 Å². The van der Waals surface area contributed by atoms with Crippen LogP contribution < -0.4 is 5.73 Å². The summed E-state index contributed by atoms with van der Waals surface area (Å²) >= 11 is 4.93. The van der Waals surface area contributed by atoms with E-state index < -0.39 is 0 Å². The van der Waals surface area contributed by atoms with Crippen LogP contribution in [0.2, 0.25) is 0 Å². The Kier molecular flexibility index (Phi) is 3.38. The SMILES string of the molecule is Cc1nc(C)n(Cc2ccc(F)cc2C(N)=S)n1. The molecule has 4 nitrogen and oxygen atoms in total. The van der Waals surface area contributed by atoms with Crippen LogP contribution in [0.4, 0.5) is 4.39 Å². The molecule has 0 saturated carbocycles. The highest BCUT2D eigenvalue weighted by atomic mass is 32.1. The molecular weight excluding hydrogens is 251 g/mol. The number of nitrogens with two attached hydrogens (primary N) is 1. The number of thiocarbonyl (C=S) groups is 1.